The van der Waals surface area contributed by atoms with Crippen LogP contribution in [0.4, 0.5) is 10.1 Å². The Morgan fingerprint density at radius 2 is 2.19 bits per heavy atom. The minimum Gasteiger partial charge on any atom is -0.279 e. The SMILES string of the molecule is CC(C#N)S(=O)(=O)Nc1ccc(Br)cc1F. The van der Waals surface area contributed by atoms with E-state index >= 15 is 0 Å². The molecule has 0 spiro atoms. The molecule has 86 valence electrons. The molecule has 0 aromatic heterocycles. The lowest BCUT2D eigenvalue weighted by Gasteiger charge is -2.09. The summed E-state index contributed by atoms with van der Waals surface area (Å²) in [5.74, 6) is -0.705. The minimum atomic E-state index is -3.87. The molecule has 0 amide bonds. The molecule has 0 saturated heterocycles. The Hall–Kier alpha value is -1.13. The van der Waals surface area contributed by atoms with Crippen LogP contribution < -0.4 is 4.72 Å². The molecule has 16 heavy (non-hydrogen) atoms. The van der Waals surface area contributed by atoms with Crippen LogP contribution in [0.3, 0.4) is 0 Å². The lowest BCUT2D eigenvalue weighted by Crippen LogP contribution is -2.24. The highest BCUT2D eigenvalue weighted by molar-refractivity contribution is 9.10. The third-order valence-electron chi connectivity index (χ3n) is 1.83. The number of sulfonamides is 1. The molecule has 0 heterocycles. The Kier molecular flexibility index (Phi) is 3.88. The number of nitrogens with zero attached hydrogens (tertiary/aromatic N) is 1. The van der Waals surface area contributed by atoms with Gasteiger partial charge in [-0.15, -0.1) is 0 Å². The second kappa shape index (κ2) is 4.80. The van der Waals surface area contributed by atoms with Crippen molar-refractivity contribution in [2.75, 3.05) is 4.72 Å². The van der Waals surface area contributed by atoms with E-state index < -0.39 is 21.1 Å². The molecule has 1 atom stereocenters. The second-order valence-corrected chi connectivity index (χ2v) is 5.96. The molecule has 1 rings (SSSR count). The highest BCUT2D eigenvalue weighted by Gasteiger charge is 2.21. The molecule has 0 saturated carbocycles. The third-order valence-corrected chi connectivity index (χ3v) is 3.86. The molecular formula is C9H8BrFN2O2S. The van der Waals surface area contributed by atoms with Crippen molar-refractivity contribution >= 4 is 31.6 Å². The molecular weight excluding hydrogens is 299 g/mol. The lowest BCUT2D eigenvalue weighted by atomic mass is 10.3. The van der Waals surface area contributed by atoms with Gasteiger partial charge in [0, 0.05) is 4.47 Å². The van der Waals surface area contributed by atoms with Crippen molar-refractivity contribution in [2.24, 2.45) is 0 Å². The van der Waals surface area contributed by atoms with E-state index in [4.69, 9.17) is 5.26 Å². The maximum atomic E-state index is 13.3. The molecule has 0 aliphatic heterocycles. The van der Waals surface area contributed by atoms with Crippen LogP contribution in [0.25, 0.3) is 0 Å². The maximum absolute atomic E-state index is 13.3. The molecule has 1 unspecified atom stereocenters. The van der Waals surface area contributed by atoms with Crippen molar-refractivity contribution in [3.63, 3.8) is 0 Å². The predicted molar refractivity (Wildman–Crippen MR) is 61.7 cm³/mol. The van der Waals surface area contributed by atoms with Gasteiger partial charge in [0.15, 0.2) is 5.25 Å². The first kappa shape index (κ1) is 12.9. The smallest absolute Gasteiger partial charge is 0.248 e. The number of hydrogen-bond acceptors (Lipinski definition) is 3. The Balaban J connectivity index is 3.03. The van der Waals surface area contributed by atoms with Gasteiger partial charge in [-0.25, -0.2) is 12.8 Å². The Labute approximate surface area is 101 Å². The summed E-state index contributed by atoms with van der Waals surface area (Å²) in [6.07, 6.45) is 0. The van der Waals surface area contributed by atoms with Gasteiger partial charge < -0.3 is 0 Å². The summed E-state index contributed by atoms with van der Waals surface area (Å²) in [5.41, 5.74) is -0.176. The average molecular weight is 307 g/mol. The number of nitriles is 1. The number of nitrogens with one attached hydrogen (secondary N) is 1. The number of benzene rings is 1. The van der Waals surface area contributed by atoms with Gasteiger partial charge in [0.2, 0.25) is 10.0 Å². The molecule has 0 aliphatic carbocycles. The van der Waals surface area contributed by atoms with E-state index in [2.05, 4.69) is 15.9 Å². The first-order valence-corrected chi connectivity index (χ1v) is 6.57. The number of halogens is 2. The first-order valence-electron chi connectivity index (χ1n) is 4.23. The summed E-state index contributed by atoms with van der Waals surface area (Å²) in [5, 5.41) is 7.25. The van der Waals surface area contributed by atoms with Gasteiger partial charge in [0.1, 0.15) is 5.82 Å². The zero-order valence-electron chi connectivity index (χ0n) is 8.24. The molecule has 0 aliphatic rings. The maximum Gasteiger partial charge on any atom is 0.248 e. The fourth-order valence-electron chi connectivity index (χ4n) is 0.883. The van der Waals surface area contributed by atoms with Gasteiger partial charge in [0.25, 0.3) is 0 Å². The van der Waals surface area contributed by atoms with Crippen molar-refractivity contribution in [1.82, 2.24) is 0 Å². The quantitative estimate of drug-likeness (QED) is 0.931. The molecule has 1 N–H and O–H groups in total. The zero-order chi connectivity index (χ0) is 12.3. The van der Waals surface area contributed by atoms with Crippen LogP contribution in [0.1, 0.15) is 6.92 Å². The van der Waals surface area contributed by atoms with Crippen LogP contribution in [0.15, 0.2) is 22.7 Å². The van der Waals surface area contributed by atoms with E-state index in [1.165, 1.54) is 19.1 Å². The largest absolute Gasteiger partial charge is 0.279 e. The van der Waals surface area contributed by atoms with Crippen molar-refractivity contribution < 1.29 is 12.8 Å². The van der Waals surface area contributed by atoms with Crippen LogP contribution in [0.5, 0.6) is 0 Å². The van der Waals surface area contributed by atoms with Crippen LogP contribution in [0, 0.1) is 17.1 Å². The summed E-state index contributed by atoms with van der Waals surface area (Å²) in [4.78, 5) is 0. The third kappa shape index (κ3) is 2.93. The van der Waals surface area contributed by atoms with Crippen molar-refractivity contribution in [2.45, 2.75) is 12.2 Å². The first-order chi connectivity index (χ1) is 7.36. The van der Waals surface area contributed by atoms with Crippen LogP contribution in [-0.4, -0.2) is 13.7 Å². The van der Waals surface area contributed by atoms with Crippen molar-refractivity contribution in [3.05, 3.63) is 28.5 Å². The standard InChI is InChI=1S/C9H8BrFN2O2S/c1-6(5-12)16(14,15)13-9-3-2-7(10)4-8(9)11/h2-4,6,13H,1H3. The summed E-state index contributed by atoms with van der Waals surface area (Å²) in [6, 6.07) is 5.48. The number of rotatable bonds is 3. The minimum absolute atomic E-state index is 0.176. The van der Waals surface area contributed by atoms with Crippen LogP contribution in [-0.2, 0) is 10.0 Å². The average Bonchev–Trinajstić information content (AvgIpc) is 2.21. The van der Waals surface area contributed by atoms with Gasteiger partial charge >= 0.3 is 0 Å². The van der Waals surface area contributed by atoms with E-state index in [1.807, 2.05) is 4.72 Å². The summed E-state index contributed by atoms with van der Waals surface area (Å²) in [7, 11) is -3.87. The van der Waals surface area contributed by atoms with Gasteiger partial charge in [-0.1, -0.05) is 15.9 Å². The van der Waals surface area contributed by atoms with Gasteiger partial charge in [-0.05, 0) is 25.1 Å². The van der Waals surface area contributed by atoms with Crippen molar-refractivity contribution in [1.29, 1.82) is 5.26 Å². The van der Waals surface area contributed by atoms with Crippen LogP contribution in [0.2, 0.25) is 0 Å². The second-order valence-electron chi connectivity index (χ2n) is 3.04. The molecule has 4 nitrogen and oxygen atoms in total. The van der Waals surface area contributed by atoms with E-state index in [1.54, 1.807) is 6.07 Å². The molecule has 0 fully saturated rings. The number of hydrogen-bond donors (Lipinski definition) is 1. The molecule has 1 aromatic carbocycles. The normalized spacial score (nSPS) is 12.9. The van der Waals surface area contributed by atoms with Gasteiger partial charge in [-0.2, -0.15) is 5.26 Å². The highest BCUT2D eigenvalue weighted by atomic mass is 79.9. The summed E-state index contributed by atoms with van der Waals surface area (Å²) < 4.78 is 38.7. The predicted octanol–water partition coefficient (Wildman–Crippen LogP) is 2.24. The Bertz CT molecular complexity index is 539. The Morgan fingerprint density at radius 3 is 2.69 bits per heavy atom. The fourth-order valence-corrected chi connectivity index (χ4v) is 2.00. The van der Waals surface area contributed by atoms with E-state index in [0.29, 0.717) is 4.47 Å². The molecule has 7 heteroatoms. The summed E-state index contributed by atoms with van der Waals surface area (Å²) in [6.45, 7) is 1.22. The topological polar surface area (TPSA) is 70.0 Å². The molecule has 0 bridgehead atoms. The highest BCUT2D eigenvalue weighted by Crippen LogP contribution is 2.21. The molecule has 0 radical (unpaired) electrons. The Morgan fingerprint density at radius 1 is 1.56 bits per heavy atom. The van der Waals surface area contributed by atoms with Gasteiger partial charge in [0.05, 0.1) is 11.8 Å². The number of anilines is 1. The summed E-state index contributed by atoms with van der Waals surface area (Å²) >= 11 is 3.05. The monoisotopic (exact) mass is 306 g/mol. The molecule has 1 aromatic rings. The van der Waals surface area contributed by atoms with Crippen molar-refractivity contribution in [3.8, 4) is 6.07 Å². The van der Waals surface area contributed by atoms with E-state index in [-0.39, 0.29) is 5.69 Å². The van der Waals surface area contributed by atoms with Gasteiger partial charge in [-0.3, -0.25) is 4.72 Å². The zero-order valence-corrected chi connectivity index (χ0v) is 10.6. The lowest BCUT2D eigenvalue weighted by molar-refractivity contribution is 0.594. The van der Waals surface area contributed by atoms with Crippen LogP contribution >= 0.6 is 15.9 Å². The van der Waals surface area contributed by atoms with E-state index in [0.717, 1.165) is 6.07 Å². The fraction of sp³-hybridized carbons (Fsp3) is 0.222. The van der Waals surface area contributed by atoms with E-state index in [9.17, 15) is 12.8 Å².